The Labute approximate surface area is 266 Å². The molecule has 5 aromatic carbocycles. The average Bonchev–Trinajstić information content (AvgIpc) is 3.57. The summed E-state index contributed by atoms with van der Waals surface area (Å²) in [6, 6.07) is 45.2. The van der Waals surface area contributed by atoms with E-state index in [0.29, 0.717) is 6.42 Å². The first-order valence-corrected chi connectivity index (χ1v) is 17.0. The zero-order valence-corrected chi connectivity index (χ0v) is 26.6. The molecule has 2 heterocycles. The minimum atomic E-state index is -3.65. The molecule has 0 atom stereocenters. The SMILES string of the molecule is Cc1ccc(S(=O)(=O)NCCc2c3n(c4ccccc24)C(c2ccccc2)(c2ccccc2)C=C3c2ccc(Br)cc2)cc1. The Bertz CT molecular complexity index is 2060. The molecule has 0 amide bonds. The van der Waals surface area contributed by atoms with Crippen molar-refractivity contribution in [1.82, 2.24) is 9.29 Å². The molecule has 1 aliphatic heterocycles. The van der Waals surface area contributed by atoms with Crippen LogP contribution in [-0.4, -0.2) is 19.5 Å². The van der Waals surface area contributed by atoms with Gasteiger partial charge in [-0.2, -0.15) is 0 Å². The normalized spacial score (nSPS) is 14.0. The summed E-state index contributed by atoms with van der Waals surface area (Å²) in [7, 11) is -3.65. The predicted molar refractivity (Wildman–Crippen MR) is 182 cm³/mol. The fourth-order valence-electron chi connectivity index (χ4n) is 6.49. The van der Waals surface area contributed by atoms with Gasteiger partial charge in [0, 0.05) is 22.0 Å². The van der Waals surface area contributed by atoms with Gasteiger partial charge in [-0.05, 0) is 72.0 Å². The lowest BCUT2D eigenvalue weighted by atomic mass is 9.82. The van der Waals surface area contributed by atoms with E-state index in [1.807, 2.05) is 19.1 Å². The fraction of sp³-hybridized carbons (Fsp3) is 0.105. The van der Waals surface area contributed by atoms with Crippen LogP contribution in [0.25, 0.3) is 16.5 Å². The molecule has 0 bridgehead atoms. The molecule has 7 rings (SSSR count). The average molecular weight is 660 g/mol. The van der Waals surface area contributed by atoms with E-state index in [2.05, 4.69) is 140 Å². The minimum Gasteiger partial charge on any atom is -0.322 e. The second-order valence-corrected chi connectivity index (χ2v) is 13.9. The summed E-state index contributed by atoms with van der Waals surface area (Å²) in [5.41, 5.74) is 8.29. The van der Waals surface area contributed by atoms with Crippen molar-refractivity contribution in [3.8, 4) is 0 Å². The molecule has 0 radical (unpaired) electrons. The fourth-order valence-corrected chi connectivity index (χ4v) is 7.78. The van der Waals surface area contributed by atoms with Gasteiger partial charge in [0.1, 0.15) is 5.54 Å². The van der Waals surface area contributed by atoms with Crippen molar-refractivity contribution in [3.05, 3.63) is 178 Å². The molecule has 6 aromatic rings. The second-order valence-electron chi connectivity index (χ2n) is 11.2. The van der Waals surface area contributed by atoms with Crippen LogP contribution in [0.4, 0.5) is 0 Å². The third kappa shape index (κ3) is 4.84. The molecule has 44 heavy (non-hydrogen) atoms. The smallest absolute Gasteiger partial charge is 0.240 e. The van der Waals surface area contributed by atoms with Crippen LogP contribution in [0.5, 0.6) is 0 Å². The van der Waals surface area contributed by atoms with Crippen LogP contribution >= 0.6 is 15.9 Å². The lowest BCUT2D eigenvalue weighted by Crippen LogP contribution is -2.32. The van der Waals surface area contributed by atoms with Gasteiger partial charge in [-0.25, -0.2) is 13.1 Å². The van der Waals surface area contributed by atoms with Crippen LogP contribution in [-0.2, 0) is 22.0 Å². The van der Waals surface area contributed by atoms with E-state index in [-0.39, 0.29) is 11.4 Å². The number of fused-ring (bicyclic) bond motifs is 3. The zero-order chi connectivity index (χ0) is 30.3. The number of nitrogens with zero attached hydrogens (tertiary/aromatic N) is 1. The van der Waals surface area contributed by atoms with Crippen molar-refractivity contribution in [1.29, 1.82) is 0 Å². The maximum absolute atomic E-state index is 13.2. The number of aromatic nitrogens is 1. The topological polar surface area (TPSA) is 51.1 Å². The molecule has 0 saturated carbocycles. The van der Waals surface area contributed by atoms with Gasteiger partial charge in [0.15, 0.2) is 0 Å². The monoisotopic (exact) mass is 658 g/mol. The molecule has 0 saturated heterocycles. The molecule has 0 fully saturated rings. The third-order valence-corrected chi connectivity index (χ3v) is 10.5. The highest BCUT2D eigenvalue weighted by Gasteiger charge is 2.44. The van der Waals surface area contributed by atoms with Gasteiger partial charge in [0.2, 0.25) is 10.0 Å². The van der Waals surface area contributed by atoms with E-state index in [1.54, 1.807) is 12.1 Å². The molecule has 1 aromatic heterocycles. The van der Waals surface area contributed by atoms with Gasteiger partial charge in [-0.1, -0.05) is 125 Å². The van der Waals surface area contributed by atoms with Gasteiger partial charge in [0.25, 0.3) is 0 Å². The zero-order valence-electron chi connectivity index (χ0n) is 24.2. The molecule has 1 aliphatic rings. The van der Waals surface area contributed by atoms with E-state index in [9.17, 15) is 8.42 Å². The Morgan fingerprint density at radius 1 is 0.727 bits per heavy atom. The number of halogens is 1. The Morgan fingerprint density at radius 2 is 1.32 bits per heavy atom. The molecule has 1 N–H and O–H groups in total. The van der Waals surface area contributed by atoms with Gasteiger partial charge in [0.05, 0.1) is 16.1 Å². The number of para-hydroxylation sites is 1. The summed E-state index contributed by atoms with van der Waals surface area (Å²) in [4.78, 5) is 0.276. The summed E-state index contributed by atoms with van der Waals surface area (Å²) in [5.74, 6) is 0. The Balaban J connectivity index is 1.44. The van der Waals surface area contributed by atoms with Crippen molar-refractivity contribution in [2.24, 2.45) is 0 Å². The first-order chi connectivity index (χ1) is 21.4. The molecular formula is C38H31BrN2O2S. The Hall–Kier alpha value is -4.23. The third-order valence-electron chi connectivity index (χ3n) is 8.52. The number of aryl methyl sites for hydroxylation is 1. The maximum Gasteiger partial charge on any atom is 0.240 e. The van der Waals surface area contributed by atoms with E-state index < -0.39 is 15.6 Å². The quantitative estimate of drug-likeness (QED) is 0.178. The molecule has 0 aliphatic carbocycles. The number of sulfonamides is 1. The summed E-state index contributed by atoms with van der Waals surface area (Å²) in [6.45, 7) is 2.22. The first-order valence-electron chi connectivity index (χ1n) is 14.7. The highest BCUT2D eigenvalue weighted by atomic mass is 79.9. The summed E-state index contributed by atoms with van der Waals surface area (Å²) < 4.78 is 32.8. The Morgan fingerprint density at radius 3 is 1.95 bits per heavy atom. The van der Waals surface area contributed by atoms with E-state index in [1.165, 1.54) is 0 Å². The summed E-state index contributed by atoms with van der Waals surface area (Å²) >= 11 is 3.61. The van der Waals surface area contributed by atoms with Crippen molar-refractivity contribution < 1.29 is 8.42 Å². The van der Waals surface area contributed by atoms with Crippen LogP contribution in [0.2, 0.25) is 0 Å². The largest absolute Gasteiger partial charge is 0.322 e. The first kappa shape index (κ1) is 28.5. The number of rotatable bonds is 8. The van der Waals surface area contributed by atoms with E-state index in [0.717, 1.165) is 54.5 Å². The van der Waals surface area contributed by atoms with Crippen molar-refractivity contribution in [2.75, 3.05) is 6.54 Å². The van der Waals surface area contributed by atoms with Gasteiger partial charge in [-0.15, -0.1) is 0 Å². The number of hydrogen-bond acceptors (Lipinski definition) is 2. The van der Waals surface area contributed by atoms with Crippen LogP contribution in [0.3, 0.4) is 0 Å². The molecule has 6 heteroatoms. The number of benzene rings is 5. The van der Waals surface area contributed by atoms with Crippen molar-refractivity contribution in [3.63, 3.8) is 0 Å². The summed E-state index contributed by atoms with van der Waals surface area (Å²) in [5, 5.41) is 1.12. The Kier molecular flexibility index (Phi) is 7.37. The van der Waals surface area contributed by atoms with E-state index in [4.69, 9.17) is 0 Å². The van der Waals surface area contributed by atoms with Gasteiger partial charge < -0.3 is 4.57 Å². The predicted octanol–water partition coefficient (Wildman–Crippen LogP) is 8.47. The molecule has 0 unspecified atom stereocenters. The summed E-state index contributed by atoms with van der Waals surface area (Å²) in [6.07, 6.45) is 2.92. The molecular weight excluding hydrogens is 628 g/mol. The van der Waals surface area contributed by atoms with Crippen LogP contribution in [0, 0.1) is 6.92 Å². The minimum absolute atomic E-state index is 0.272. The van der Waals surface area contributed by atoms with Crippen LogP contribution < -0.4 is 4.72 Å². The van der Waals surface area contributed by atoms with Crippen molar-refractivity contribution in [2.45, 2.75) is 23.8 Å². The van der Waals surface area contributed by atoms with Gasteiger partial charge in [-0.3, -0.25) is 0 Å². The highest BCUT2D eigenvalue weighted by Crippen LogP contribution is 2.51. The lowest BCUT2D eigenvalue weighted by Gasteiger charge is -2.33. The maximum atomic E-state index is 13.2. The standard InChI is InChI=1S/C38H31BrN2O2S/c1-27-16-22-32(23-17-27)44(42,43)40-25-24-34-33-14-8-9-15-36(33)41-37(34)35(28-18-20-31(39)21-19-28)26-38(41,29-10-4-2-5-11-29)30-12-6-3-7-13-30/h2-23,26,40H,24-25H2,1H3. The molecule has 4 nitrogen and oxygen atoms in total. The van der Waals surface area contributed by atoms with Gasteiger partial charge >= 0.3 is 0 Å². The number of nitrogens with one attached hydrogen (secondary N) is 1. The molecule has 218 valence electrons. The second kappa shape index (κ2) is 11.4. The molecule has 0 spiro atoms. The number of allylic oxidation sites excluding steroid dienone is 1. The number of hydrogen-bond donors (Lipinski definition) is 1. The van der Waals surface area contributed by atoms with E-state index >= 15 is 0 Å². The lowest BCUT2D eigenvalue weighted by molar-refractivity contribution is 0.566. The van der Waals surface area contributed by atoms with Crippen molar-refractivity contribution >= 4 is 42.4 Å². The van der Waals surface area contributed by atoms with Crippen LogP contribution in [0.15, 0.2) is 149 Å². The van der Waals surface area contributed by atoms with Crippen LogP contribution in [0.1, 0.15) is 33.5 Å². The highest BCUT2D eigenvalue weighted by molar-refractivity contribution is 9.10.